The van der Waals surface area contributed by atoms with Gasteiger partial charge >= 0.3 is 5.97 Å². The van der Waals surface area contributed by atoms with E-state index in [4.69, 9.17) is 4.74 Å². The van der Waals surface area contributed by atoms with Gasteiger partial charge in [-0.1, -0.05) is 12.8 Å². The molecule has 1 fully saturated rings. The number of ether oxygens (including phenoxy) is 1. The highest BCUT2D eigenvalue weighted by atomic mass is 16.5. The number of likely N-dealkylation sites (tertiary alicyclic amines) is 1. The Kier molecular flexibility index (Phi) is 8.63. The summed E-state index contributed by atoms with van der Waals surface area (Å²) >= 11 is 0. The summed E-state index contributed by atoms with van der Waals surface area (Å²) < 4.78 is 6.55. The minimum absolute atomic E-state index is 0.111. The molecular weight excluding hydrogens is 420 g/mol. The zero-order valence-electron chi connectivity index (χ0n) is 19.9. The molecule has 0 spiro atoms. The standard InChI is InChI=1S/C25H34N4O4/c1-18-22(12-13-24(31)33-3)19(2)29(27-18)21-10-8-20(9-11-21)25(32)26-15-14-23(30)28-16-6-4-5-7-17-28/h8-11H,4-7,12-17H2,1-3H3,(H,26,32). The second-order valence-electron chi connectivity index (χ2n) is 8.49. The summed E-state index contributed by atoms with van der Waals surface area (Å²) in [7, 11) is 1.39. The first-order chi connectivity index (χ1) is 15.9. The summed E-state index contributed by atoms with van der Waals surface area (Å²) in [6, 6.07) is 7.21. The van der Waals surface area contributed by atoms with E-state index in [0.29, 0.717) is 31.4 Å². The number of carbonyl (C=O) groups excluding carboxylic acids is 3. The van der Waals surface area contributed by atoms with Crippen molar-refractivity contribution in [3.8, 4) is 5.69 Å². The van der Waals surface area contributed by atoms with Crippen molar-refractivity contribution in [1.82, 2.24) is 20.0 Å². The van der Waals surface area contributed by atoms with Crippen LogP contribution in [-0.4, -0.2) is 59.2 Å². The molecule has 1 aliphatic rings. The fourth-order valence-electron chi connectivity index (χ4n) is 4.23. The number of nitrogens with zero attached hydrogens (tertiary/aromatic N) is 3. The molecule has 33 heavy (non-hydrogen) atoms. The number of rotatable bonds is 8. The number of methoxy groups -OCH3 is 1. The van der Waals surface area contributed by atoms with Crippen LogP contribution in [0.1, 0.15) is 65.8 Å². The third-order valence-electron chi connectivity index (χ3n) is 6.21. The van der Waals surface area contributed by atoms with Crippen molar-refractivity contribution < 1.29 is 19.1 Å². The Morgan fingerprint density at radius 2 is 1.67 bits per heavy atom. The first-order valence-electron chi connectivity index (χ1n) is 11.7. The number of aromatic nitrogens is 2. The number of esters is 1. The van der Waals surface area contributed by atoms with Crippen LogP contribution in [0.3, 0.4) is 0 Å². The predicted octanol–water partition coefficient (Wildman–Crippen LogP) is 3.12. The Morgan fingerprint density at radius 3 is 2.30 bits per heavy atom. The fraction of sp³-hybridized carbons (Fsp3) is 0.520. The van der Waals surface area contributed by atoms with Crippen molar-refractivity contribution in [2.24, 2.45) is 0 Å². The first-order valence-corrected chi connectivity index (χ1v) is 11.7. The number of nitrogens with one attached hydrogen (secondary N) is 1. The van der Waals surface area contributed by atoms with E-state index in [-0.39, 0.29) is 17.8 Å². The van der Waals surface area contributed by atoms with Crippen molar-refractivity contribution in [2.75, 3.05) is 26.7 Å². The van der Waals surface area contributed by atoms with E-state index in [1.165, 1.54) is 20.0 Å². The maximum atomic E-state index is 12.5. The van der Waals surface area contributed by atoms with E-state index in [2.05, 4.69) is 10.4 Å². The van der Waals surface area contributed by atoms with Crippen LogP contribution in [0.25, 0.3) is 5.69 Å². The Bertz CT molecular complexity index is 973. The lowest BCUT2D eigenvalue weighted by atomic mass is 10.1. The topological polar surface area (TPSA) is 93.5 Å². The van der Waals surface area contributed by atoms with Gasteiger partial charge in [-0.25, -0.2) is 4.68 Å². The number of amides is 2. The lowest BCUT2D eigenvalue weighted by Gasteiger charge is -2.20. The highest BCUT2D eigenvalue weighted by Gasteiger charge is 2.17. The number of carbonyl (C=O) groups is 3. The van der Waals surface area contributed by atoms with E-state index in [1.54, 1.807) is 12.1 Å². The van der Waals surface area contributed by atoms with Gasteiger partial charge in [-0.05, 0) is 62.9 Å². The molecule has 0 aliphatic carbocycles. The summed E-state index contributed by atoms with van der Waals surface area (Å²) in [5, 5.41) is 7.45. The molecule has 0 saturated carbocycles. The van der Waals surface area contributed by atoms with Crippen molar-refractivity contribution in [3.63, 3.8) is 0 Å². The first kappa shape index (κ1) is 24.5. The third-order valence-corrected chi connectivity index (χ3v) is 6.21. The average Bonchev–Trinajstić information content (AvgIpc) is 3.00. The number of hydrogen-bond acceptors (Lipinski definition) is 5. The SMILES string of the molecule is COC(=O)CCc1c(C)nn(-c2ccc(C(=O)NCCC(=O)N3CCCCCC3)cc2)c1C. The van der Waals surface area contributed by atoms with E-state index in [9.17, 15) is 14.4 Å². The number of hydrogen-bond donors (Lipinski definition) is 1. The lowest BCUT2D eigenvalue weighted by Crippen LogP contribution is -2.35. The van der Waals surface area contributed by atoms with Gasteiger partial charge < -0.3 is 15.0 Å². The molecule has 1 N–H and O–H groups in total. The van der Waals surface area contributed by atoms with Gasteiger partial charge in [-0.3, -0.25) is 14.4 Å². The maximum Gasteiger partial charge on any atom is 0.305 e. The molecule has 178 valence electrons. The molecule has 2 amide bonds. The molecule has 0 atom stereocenters. The summed E-state index contributed by atoms with van der Waals surface area (Å²) in [4.78, 5) is 38.3. The van der Waals surface area contributed by atoms with Gasteiger partial charge in [0.05, 0.1) is 18.5 Å². The number of benzene rings is 1. The van der Waals surface area contributed by atoms with Crippen molar-refractivity contribution in [1.29, 1.82) is 0 Å². The van der Waals surface area contributed by atoms with Crippen molar-refractivity contribution in [2.45, 2.75) is 58.8 Å². The zero-order chi connectivity index (χ0) is 23.8. The minimum Gasteiger partial charge on any atom is -0.469 e. The van der Waals surface area contributed by atoms with Crippen LogP contribution in [0.15, 0.2) is 24.3 Å². The summed E-state index contributed by atoms with van der Waals surface area (Å²) in [6.07, 6.45) is 5.69. The molecule has 0 unspecified atom stereocenters. The van der Waals surface area contributed by atoms with Crippen LogP contribution in [0, 0.1) is 13.8 Å². The van der Waals surface area contributed by atoms with Crippen LogP contribution in [0.5, 0.6) is 0 Å². The molecule has 8 nitrogen and oxygen atoms in total. The molecule has 8 heteroatoms. The third kappa shape index (κ3) is 6.43. The Morgan fingerprint density at radius 1 is 1.00 bits per heavy atom. The van der Waals surface area contributed by atoms with Gasteiger partial charge in [0.25, 0.3) is 5.91 Å². The molecule has 1 saturated heterocycles. The van der Waals surface area contributed by atoms with E-state index in [0.717, 1.165) is 48.6 Å². The molecule has 1 aliphatic heterocycles. The molecule has 2 aromatic rings. The zero-order valence-corrected chi connectivity index (χ0v) is 19.9. The van der Waals surface area contributed by atoms with E-state index < -0.39 is 0 Å². The van der Waals surface area contributed by atoms with E-state index in [1.807, 2.05) is 35.6 Å². The molecule has 1 aromatic heterocycles. The summed E-state index contributed by atoms with van der Waals surface area (Å²) in [6.45, 7) is 5.87. The van der Waals surface area contributed by atoms with Crippen molar-refractivity contribution >= 4 is 17.8 Å². The summed E-state index contributed by atoms with van der Waals surface area (Å²) in [5.74, 6) is -0.331. The van der Waals surface area contributed by atoms with Gasteiger partial charge in [-0.2, -0.15) is 5.10 Å². The molecule has 1 aromatic carbocycles. The molecule has 3 rings (SSSR count). The smallest absolute Gasteiger partial charge is 0.305 e. The second-order valence-corrected chi connectivity index (χ2v) is 8.49. The normalized spacial score (nSPS) is 14.0. The Labute approximate surface area is 195 Å². The molecule has 2 heterocycles. The number of aryl methyl sites for hydroxylation is 1. The van der Waals surface area contributed by atoms with Gasteiger partial charge in [0.1, 0.15) is 0 Å². The van der Waals surface area contributed by atoms with Gasteiger partial charge in [-0.15, -0.1) is 0 Å². The highest BCUT2D eigenvalue weighted by Crippen LogP contribution is 2.20. The summed E-state index contributed by atoms with van der Waals surface area (Å²) in [5.41, 5.74) is 4.23. The van der Waals surface area contributed by atoms with Gasteiger partial charge in [0.2, 0.25) is 5.91 Å². The Hall–Kier alpha value is -3.16. The highest BCUT2D eigenvalue weighted by molar-refractivity contribution is 5.94. The van der Waals surface area contributed by atoms with E-state index >= 15 is 0 Å². The predicted molar refractivity (Wildman–Crippen MR) is 125 cm³/mol. The monoisotopic (exact) mass is 454 g/mol. The molecule has 0 radical (unpaired) electrons. The largest absolute Gasteiger partial charge is 0.469 e. The lowest BCUT2D eigenvalue weighted by molar-refractivity contribution is -0.140. The van der Waals surface area contributed by atoms with Crippen LogP contribution < -0.4 is 5.32 Å². The van der Waals surface area contributed by atoms with Crippen LogP contribution in [-0.2, 0) is 20.7 Å². The van der Waals surface area contributed by atoms with Gasteiger partial charge in [0, 0.05) is 43.7 Å². The maximum absolute atomic E-state index is 12.5. The second kappa shape index (κ2) is 11.6. The Balaban J connectivity index is 1.56. The average molecular weight is 455 g/mol. The minimum atomic E-state index is -0.245. The van der Waals surface area contributed by atoms with Gasteiger partial charge in [0.15, 0.2) is 0 Å². The van der Waals surface area contributed by atoms with Crippen LogP contribution in [0.2, 0.25) is 0 Å². The van der Waals surface area contributed by atoms with Crippen LogP contribution in [0.4, 0.5) is 0 Å². The van der Waals surface area contributed by atoms with Crippen LogP contribution >= 0.6 is 0 Å². The molecular formula is C25H34N4O4. The molecule has 0 bridgehead atoms. The van der Waals surface area contributed by atoms with Crippen molar-refractivity contribution in [3.05, 3.63) is 46.8 Å². The fourth-order valence-corrected chi connectivity index (χ4v) is 4.23. The quantitative estimate of drug-likeness (QED) is 0.619.